The minimum Gasteiger partial charge on any atom is -0.496 e. The van der Waals surface area contributed by atoms with Crippen molar-refractivity contribution >= 4 is 0 Å². The second-order valence-electron chi connectivity index (χ2n) is 5.85. The van der Waals surface area contributed by atoms with Gasteiger partial charge in [0.1, 0.15) is 5.75 Å². The minimum absolute atomic E-state index is 0.468. The number of rotatable bonds is 4. The minimum atomic E-state index is 0.468. The highest BCUT2D eigenvalue weighted by molar-refractivity contribution is 5.40. The number of benzene rings is 1. The van der Waals surface area contributed by atoms with Crippen LogP contribution in [0.15, 0.2) is 18.2 Å². The zero-order valence-corrected chi connectivity index (χ0v) is 11.6. The zero-order valence-electron chi connectivity index (χ0n) is 11.6. The van der Waals surface area contributed by atoms with Crippen LogP contribution in [0, 0.1) is 24.7 Å². The summed E-state index contributed by atoms with van der Waals surface area (Å²) in [6.07, 6.45) is 4.30. The zero-order chi connectivity index (χ0) is 12.7. The Morgan fingerprint density at radius 3 is 2.61 bits per heavy atom. The summed E-state index contributed by atoms with van der Waals surface area (Å²) >= 11 is 0. The molecule has 0 bridgehead atoms. The molecule has 0 saturated heterocycles. The summed E-state index contributed by atoms with van der Waals surface area (Å²) in [5.74, 6) is 3.80. The van der Waals surface area contributed by atoms with Crippen LogP contribution in [0.1, 0.15) is 36.4 Å². The first kappa shape index (κ1) is 12.0. The lowest BCUT2D eigenvalue weighted by molar-refractivity contribution is 0.384. The number of hydrogen-bond acceptors (Lipinski definition) is 2. The van der Waals surface area contributed by atoms with Gasteiger partial charge in [0.05, 0.1) is 7.11 Å². The van der Waals surface area contributed by atoms with Crippen molar-refractivity contribution in [1.82, 2.24) is 5.32 Å². The van der Waals surface area contributed by atoms with E-state index in [1.54, 1.807) is 7.11 Å². The molecule has 0 aliphatic heterocycles. The van der Waals surface area contributed by atoms with Crippen LogP contribution in [0.2, 0.25) is 0 Å². The molecule has 2 heteroatoms. The van der Waals surface area contributed by atoms with Crippen molar-refractivity contribution in [3.05, 3.63) is 29.3 Å². The molecule has 3 rings (SSSR count). The molecule has 2 aliphatic carbocycles. The van der Waals surface area contributed by atoms with E-state index in [0.29, 0.717) is 6.04 Å². The third-order valence-corrected chi connectivity index (χ3v) is 4.89. The highest BCUT2D eigenvalue weighted by Gasteiger charge is 2.56. The second kappa shape index (κ2) is 4.58. The molecule has 0 radical (unpaired) electrons. The Bertz CT molecular complexity index is 433. The van der Waals surface area contributed by atoms with Gasteiger partial charge in [-0.2, -0.15) is 0 Å². The first-order chi connectivity index (χ1) is 8.76. The highest BCUT2D eigenvalue weighted by atomic mass is 16.5. The predicted molar refractivity (Wildman–Crippen MR) is 73.9 cm³/mol. The van der Waals surface area contributed by atoms with Gasteiger partial charge >= 0.3 is 0 Å². The van der Waals surface area contributed by atoms with Crippen LogP contribution in [-0.2, 0) is 0 Å². The maximum atomic E-state index is 5.54. The Labute approximate surface area is 110 Å². The maximum Gasteiger partial charge on any atom is 0.123 e. The van der Waals surface area contributed by atoms with Crippen LogP contribution in [0.3, 0.4) is 0 Å². The lowest BCUT2D eigenvalue weighted by atomic mass is 9.95. The van der Waals surface area contributed by atoms with E-state index in [4.69, 9.17) is 4.74 Å². The molecule has 2 nitrogen and oxygen atoms in total. The third kappa shape index (κ3) is 1.83. The maximum absolute atomic E-state index is 5.54. The van der Waals surface area contributed by atoms with Crippen molar-refractivity contribution in [3.8, 4) is 5.75 Å². The van der Waals surface area contributed by atoms with Gasteiger partial charge in [-0.3, -0.25) is 0 Å². The van der Waals surface area contributed by atoms with E-state index in [2.05, 4.69) is 37.5 Å². The lowest BCUT2D eigenvalue weighted by Crippen LogP contribution is -2.21. The van der Waals surface area contributed by atoms with E-state index in [1.165, 1.54) is 30.4 Å². The third-order valence-electron chi connectivity index (χ3n) is 4.89. The molecule has 0 heterocycles. The number of methoxy groups -OCH3 is 1. The first-order valence-corrected chi connectivity index (χ1v) is 7.08. The number of aryl methyl sites for hydroxylation is 1. The van der Waals surface area contributed by atoms with E-state index in [0.717, 1.165) is 23.5 Å². The molecule has 2 aliphatic rings. The van der Waals surface area contributed by atoms with Crippen LogP contribution in [0.25, 0.3) is 0 Å². The van der Waals surface area contributed by atoms with Gasteiger partial charge in [0.15, 0.2) is 0 Å². The average molecular weight is 245 g/mol. The molecule has 1 aromatic carbocycles. The molecular formula is C16H23NO. The summed E-state index contributed by atoms with van der Waals surface area (Å²) < 4.78 is 5.54. The van der Waals surface area contributed by atoms with Gasteiger partial charge in [-0.15, -0.1) is 0 Å². The Morgan fingerprint density at radius 1 is 1.28 bits per heavy atom. The predicted octanol–water partition coefficient (Wildman–Crippen LogP) is 3.31. The Balaban J connectivity index is 1.89. The van der Waals surface area contributed by atoms with E-state index in [1.807, 2.05) is 0 Å². The summed E-state index contributed by atoms with van der Waals surface area (Å²) in [4.78, 5) is 0. The van der Waals surface area contributed by atoms with E-state index >= 15 is 0 Å². The fraction of sp³-hybridized carbons (Fsp3) is 0.625. The second-order valence-corrected chi connectivity index (χ2v) is 5.85. The summed E-state index contributed by atoms with van der Waals surface area (Å²) in [6, 6.07) is 6.99. The molecule has 98 valence electrons. The van der Waals surface area contributed by atoms with Crippen LogP contribution in [0.4, 0.5) is 0 Å². The molecule has 0 spiro atoms. The topological polar surface area (TPSA) is 21.3 Å². The molecule has 3 atom stereocenters. The van der Waals surface area contributed by atoms with Crippen molar-refractivity contribution in [1.29, 1.82) is 0 Å². The van der Waals surface area contributed by atoms with Crippen LogP contribution < -0.4 is 10.1 Å². The molecule has 1 aromatic rings. The van der Waals surface area contributed by atoms with Gasteiger partial charge in [-0.1, -0.05) is 24.1 Å². The van der Waals surface area contributed by atoms with Crippen molar-refractivity contribution in [2.24, 2.45) is 17.8 Å². The summed E-state index contributed by atoms with van der Waals surface area (Å²) in [5, 5.41) is 3.53. The molecule has 0 aromatic heterocycles. The van der Waals surface area contributed by atoms with Gasteiger partial charge in [0.25, 0.3) is 0 Å². The molecular weight excluding hydrogens is 222 g/mol. The van der Waals surface area contributed by atoms with Crippen LogP contribution >= 0.6 is 0 Å². The smallest absolute Gasteiger partial charge is 0.123 e. The lowest BCUT2D eigenvalue weighted by Gasteiger charge is -2.21. The van der Waals surface area contributed by atoms with E-state index in [-0.39, 0.29) is 0 Å². The van der Waals surface area contributed by atoms with Gasteiger partial charge < -0.3 is 10.1 Å². The van der Waals surface area contributed by atoms with Crippen molar-refractivity contribution in [2.45, 2.75) is 32.2 Å². The summed E-state index contributed by atoms with van der Waals surface area (Å²) in [7, 11) is 3.86. The molecule has 2 fully saturated rings. The van der Waals surface area contributed by atoms with Gasteiger partial charge in [-0.25, -0.2) is 0 Å². The standard InChI is InChI=1S/C16H23NO/c1-10-7-8-14(18-3)13(9-10)16(17-2)15-11-5-4-6-12(11)15/h7-9,11-12,15-17H,4-6H2,1-3H3. The Hall–Kier alpha value is -1.02. The number of fused-ring (bicyclic) bond motifs is 1. The molecule has 3 unspecified atom stereocenters. The first-order valence-electron chi connectivity index (χ1n) is 7.08. The molecule has 18 heavy (non-hydrogen) atoms. The molecule has 1 N–H and O–H groups in total. The van der Waals surface area contributed by atoms with Gasteiger partial charge in [0, 0.05) is 11.6 Å². The number of nitrogens with one attached hydrogen (secondary N) is 1. The van der Waals surface area contributed by atoms with Crippen molar-refractivity contribution < 1.29 is 4.74 Å². The monoisotopic (exact) mass is 245 g/mol. The fourth-order valence-electron chi connectivity index (χ4n) is 4.02. The van der Waals surface area contributed by atoms with E-state index in [9.17, 15) is 0 Å². The quantitative estimate of drug-likeness (QED) is 0.878. The Morgan fingerprint density at radius 2 is 2.00 bits per heavy atom. The van der Waals surface area contributed by atoms with E-state index < -0.39 is 0 Å². The summed E-state index contributed by atoms with van der Waals surface area (Å²) in [5.41, 5.74) is 2.66. The molecule has 2 saturated carbocycles. The van der Waals surface area contributed by atoms with Crippen LogP contribution in [0.5, 0.6) is 5.75 Å². The van der Waals surface area contributed by atoms with Crippen molar-refractivity contribution in [2.75, 3.05) is 14.2 Å². The summed E-state index contributed by atoms with van der Waals surface area (Å²) in [6.45, 7) is 2.16. The van der Waals surface area contributed by atoms with Gasteiger partial charge in [-0.05, 0) is 50.6 Å². The average Bonchev–Trinajstić information content (AvgIpc) is 2.85. The van der Waals surface area contributed by atoms with Crippen molar-refractivity contribution in [3.63, 3.8) is 0 Å². The normalized spacial score (nSPS) is 30.9. The fourth-order valence-corrected chi connectivity index (χ4v) is 4.02. The number of hydrogen-bond donors (Lipinski definition) is 1. The number of ether oxygens (including phenoxy) is 1. The van der Waals surface area contributed by atoms with Crippen LogP contribution in [-0.4, -0.2) is 14.2 Å². The largest absolute Gasteiger partial charge is 0.496 e. The van der Waals surface area contributed by atoms with Gasteiger partial charge in [0.2, 0.25) is 0 Å². The molecule has 0 amide bonds. The SMILES string of the molecule is CNC(c1cc(C)ccc1OC)C1C2CCCC21. The highest BCUT2D eigenvalue weighted by Crippen LogP contribution is 2.62. The Kier molecular flexibility index (Phi) is 3.06.